The average molecular weight is 541 g/mol. The average Bonchev–Trinajstić information content (AvgIpc) is 3.15. The van der Waals surface area contributed by atoms with Gasteiger partial charge >= 0.3 is 5.69 Å². The van der Waals surface area contributed by atoms with E-state index in [-0.39, 0.29) is 18.8 Å². The van der Waals surface area contributed by atoms with Crippen LogP contribution in [0.2, 0.25) is 0 Å². The molecule has 10 heteroatoms. The van der Waals surface area contributed by atoms with Crippen LogP contribution in [0.4, 0.5) is 0 Å². The molecule has 1 aliphatic rings. The van der Waals surface area contributed by atoms with E-state index >= 15 is 0 Å². The largest absolute Gasteiger partial charge is 0.394 e. The molecule has 0 unspecified atom stereocenters. The summed E-state index contributed by atoms with van der Waals surface area (Å²) in [4.78, 5) is 28.6. The van der Waals surface area contributed by atoms with Gasteiger partial charge in [0.15, 0.2) is 14.1 Å². The molecule has 0 saturated carbocycles. The van der Waals surface area contributed by atoms with Crippen molar-refractivity contribution >= 4 is 19.2 Å². The van der Waals surface area contributed by atoms with E-state index in [1.165, 1.54) is 10.8 Å². The summed E-state index contributed by atoms with van der Waals surface area (Å²) in [7, 11) is -2.85. The second-order valence-corrected chi connectivity index (χ2v) is 13.7. The third-order valence-electron chi connectivity index (χ3n) is 7.48. The summed E-state index contributed by atoms with van der Waals surface area (Å²) in [5.74, 6) is 0. The Balaban J connectivity index is 2.26. The molecule has 0 aliphatic carbocycles. The minimum Gasteiger partial charge on any atom is -0.394 e. The first-order chi connectivity index (χ1) is 18.0. The smallest absolute Gasteiger partial charge is 0.330 e. The van der Waals surface area contributed by atoms with Crippen molar-refractivity contribution in [2.24, 2.45) is 5.41 Å². The lowest BCUT2D eigenvalue weighted by Crippen LogP contribution is -2.77. The Hall–Kier alpha value is -2.86. The first-order valence-corrected chi connectivity index (χ1v) is 14.4. The van der Waals surface area contributed by atoms with Gasteiger partial charge in [-0.3, -0.25) is 14.3 Å². The minimum absolute atomic E-state index is 0.153. The van der Waals surface area contributed by atoms with Gasteiger partial charge in [0.1, 0.15) is 17.8 Å². The summed E-state index contributed by atoms with van der Waals surface area (Å²) < 4.78 is 14.6. The summed E-state index contributed by atoms with van der Waals surface area (Å²) in [6.45, 7) is 6.17. The first kappa shape index (κ1) is 28.2. The quantitative estimate of drug-likeness (QED) is 0.286. The van der Waals surface area contributed by atoms with E-state index in [4.69, 9.17) is 9.47 Å². The van der Waals surface area contributed by atoms with Crippen LogP contribution in [0.3, 0.4) is 0 Å². The molecule has 4 atom stereocenters. The van der Waals surface area contributed by atoms with Crippen molar-refractivity contribution in [1.29, 1.82) is 0 Å². The number of rotatable bonds is 8. The van der Waals surface area contributed by atoms with Crippen LogP contribution < -0.4 is 21.6 Å². The van der Waals surface area contributed by atoms with Crippen LogP contribution in [-0.4, -0.2) is 71.3 Å². The molecule has 2 heterocycles. The molecule has 0 bridgehead atoms. The fourth-order valence-electron chi connectivity index (χ4n) is 5.99. The van der Waals surface area contributed by atoms with Gasteiger partial charge in [0, 0.05) is 11.8 Å². The van der Waals surface area contributed by atoms with Gasteiger partial charge in [0.05, 0.1) is 19.8 Å². The molecular formula is C28H36N2O7Si. The van der Waals surface area contributed by atoms with Crippen molar-refractivity contribution in [2.75, 3.05) is 19.8 Å². The molecule has 204 valence electrons. The topological polar surface area (TPSA) is 134 Å². The summed E-state index contributed by atoms with van der Waals surface area (Å²) in [6, 6.07) is 19.2. The summed E-state index contributed by atoms with van der Waals surface area (Å²) in [6.07, 6.45) is -1.06. The number of hydrogen-bond acceptors (Lipinski definition) is 7. The molecule has 1 saturated heterocycles. The third kappa shape index (κ3) is 4.31. The van der Waals surface area contributed by atoms with E-state index in [9.17, 15) is 24.9 Å². The maximum absolute atomic E-state index is 13.7. The van der Waals surface area contributed by atoms with Crippen LogP contribution in [0.25, 0.3) is 0 Å². The molecule has 9 nitrogen and oxygen atoms in total. The maximum atomic E-state index is 13.7. The van der Waals surface area contributed by atoms with Gasteiger partial charge < -0.3 is 24.8 Å². The van der Waals surface area contributed by atoms with Gasteiger partial charge in [-0.1, -0.05) is 91.8 Å². The van der Waals surface area contributed by atoms with E-state index in [1.54, 1.807) is 6.92 Å². The highest BCUT2D eigenvalue weighted by Crippen LogP contribution is 2.55. The number of benzene rings is 2. The molecule has 0 radical (unpaired) electrons. The number of hydrogen-bond donors (Lipinski definition) is 4. The second kappa shape index (κ2) is 10.7. The summed E-state index contributed by atoms with van der Waals surface area (Å²) in [5, 5.41) is 32.3. The molecule has 1 fully saturated rings. The summed E-state index contributed by atoms with van der Waals surface area (Å²) >= 11 is 0. The molecule has 1 aliphatic heterocycles. The fourth-order valence-corrected chi connectivity index (χ4v) is 10.4. The van der Waals surface area contributed by atoms with Gasteiger partial charge in [-0.15, -0.1) is 0 Å². The Morgan fingerprint density at radius 2 is 1.58 bits per heavy atom. The van der Waals surface area contributed by atoms with Gasteiger partial charge in [-0.2, -0.15) is 0 Å². The predicted octanol–water partition coefficient (Wildman–Crippen LogP) is -0.376. The SMILES string of the molecule is Cc1cn([C@]2([SiH](c3ccccc3)c3ccccc3)O[C@H](CO)[C@@H](O)[C@]2(OCCO)C(C)(C)C)c(=O)[nH]c1=O. The number of nitrogens with one attached hydrogen (secondary N) is 1. The Kier molecular flexibility index (Phi) is 7.94. The zero-order valence-corrected chi connectivity index (χ0v) is 23.3. The Labute approximate surface area is 222 Å². The number of H-pyrrole nitrogens is 1. The van der Waals surface area contributed by atoms with Crippen LogP contribution >= 0.6 is 0 Å². The van der Waals surface area contributed by atoms with Crippen molar-refractivity contribution in [3.8, 4) is 0 Å². The van der Waals surface area contributed by atoms with Crippen molar-refractivity contribution in [3.05, 3.63) is 93.3 Å². The third-order valence-corrected chi connectivity index (χ3v) is 11.2. The van der Waals surface area contributed by atoms with Crippen molar-refractivity contribution in [2.45, 2.75) is 50.9 Å². The van der Waals surface area contributed by atoms with E-state index in [0.717, 1.165) is 10.4 Å². The van der Waals surface area contributed by atoms with Crippen molar-refractivity contribution in [3.63, 3.8) is 0 Å². The molecule has 2 aromatic carbocycles. The van der Waals surface area contributed by atoms with Gasteiger partial charge in [0.25, 0.3) is 5.56 Å². The lowest BCUT2D eigenvalue weighted by atomic mass is 9.71. The highest BCUT2D eigenvalue weighted by atomic mass is 28.3. The number of nitrogens with zero attached hydrogens (tertiary/aromatic N) is 1. The molecular weight excluding hydrogens is 504 g/mol. The van der Waals surface area contributed by atoms with Crippen LogP contribution in [-0.2, 0) is 14.8 Å². The molecule has 0 amide bonds. The van der Waals surface area contributed by atoms with Gasteiger partial charge in [-0.05, 0) is 12.3 Å². The monoisotopic (exact) mass is 540 g/mol. The number of aliphatic hydroxyl groups is 3. The Morgan fingerprint density at radius 1 is 1.03 bits per heavy atom. The Bertz CT molecular complexity index is 1320. The maximum Gasteiger partial charge on any atom is 0.330 e. The normalized spacial score (nSPS) is 25.7. The first-order valence-electron chi connectivity index (χ1n) is 12.7. The zero-order valence-electron chi connectivity index (χ0n) is 22.1. The van der Waals surface area contributed by atoms with Crippen LogP contribution in [0.15, 0.2) is 76.4 Å². The Morgan fingerprint density at radius 3 is 2.05 bits per heavy atom. The highest BCUT2D eigenvalue weighted by Gasteiger charge is 2.75. The molecule has 0 spiro atoms. The molecule has 38 heavy (non-hydrogen) atoms. The highest BCUT2D eigenvalue weighted by molar-refractivity contribution is 6.87. The van der Waals surface area contributed by atoms with Crippen molar-refractivity contribution in [1.82, 2.24) is 9.55 Å². The number of ether oxygens (including phenoxy) is 2. The lowest BCUT2D eigenvalue weighted by molar-refractivity contribution is -0.230. The molecule has 4 rings (SSSR count). The lowest BCUT2D eigenvalue weighted by Gasteiger charge is -2.55. The van der Waals surface area contributed by atoms with Gasteiger partial charge in [-0.25, -0.2) is 4.79 Å². The summed E-state index contributed by atoms with van der Waals surface area (Å²) in [5.41, 5.74) is -3.53. The number of aromatic amines is 1. The fraction of sp³-hybridized carbons (Fsp3) is 0.429. The van der Waals surface area contributed by atoms with E-state index in [2.05, 4.69) is 4.98 Å². The molecule has 1 aromatic heterocycles. The van der Waals surface area contributed by atoms with Crippen molar-refractivity contribution < 1.29 is 24.8 Å². The predicted molar refractivity (Wildman–Crippen MR) is 147 cm³/mol. The second-order valence-electron chi connectivity index (χ2n) is 10.7. The van der Waals surface area contributed by atoms with E-state index in [1.807, 2.05) is 81.4 Å². The number of aromatic nitrogens is 2. The molecule has 3 aromatic rings. The van der Waals surface area contributed by atoms with Crippen LogP contribution in [0, 0.1) is 12.3 Å². The number of aryl methyl sites for hydroxylation is 1. The van der Waals surface area contributed by atoms with Crippen LogP contribution in [0.5, 0.6) is 0 Å². The zero-order chi connectivity index (χ0) is 27.7. The minimum atomic E-state index is -2.85. The van der Waals surface area contributed by atoms with Gasteiger partial charge in [0.2, 0.25) is 0 Å². The van der Waals surface area contributed by atoms with E-state index in [0.29, 0.717) is 0 Å². The van der Waals surface area contributed by atoms with E-state index < -0.39 is 55.2 Å². The van der Waals surface area contributed by atoms with Crippen LogP contribution in [0.1, 0.15) is 26.3 Å². The number of aliphatic hydroxyl groups excluding tert-OH is 3. The standard InChI is InChI=1S/C28H36N2O7Si/c1-19-17-30(25(35)29-24(19)34)28(38(20-11-7-5-8-12-20)21-13-9-6-10-14-21)27(26(2,3)4,36-16-15-31)23(33)22(18-32)37-28/h5-14,17,22-23,31-33,38H,15-16,18H2,1-4H3,(H,29,34,35)/t22-,23-,27+,28+/m1/s1. The molecule has 4 N–H and O–H groups in total.